The highest BCUT2D eigenvalue weighted by Gasteiger charge is 2.05. The Labute approximate surface area is 61.3 Å². The van der Waals surface area contributed by atoms with Gasteiger partial charge in [-0.2, -0.15) is 0 Å². The summed E-state index contributed by atoms with van der Waals surface area (Å²) < 4.78 is 2.61. The molecular formula is C7H19NSi. The van der Waals surface area contributed by atoms with Crippen LogP contribution in [0.4, 0.5) is 0 Å². The highest BCUT2D eigenvalue weighted by molar-refractivity contribution is 6.29. The van der Waals surface area contributed by atoms with Gasteiger partial charge < -0.3 is 4.57 Å². The molecule has 0 rings (SSSR count). The molecular weight excluding hydrogens is 126 g/mol. The Balaban J connectivity index is 3.50. The molecule has 0 amide bonds. The molecule has 1 nitrogen and oxygen atoms in total. The van der Waals surface area contributed by atoms with Crippen molar-refractivity contribution in [2.24, 2.45) is 0 Å². The van der Waals surface area contributed by atoms with E-state index < -0.39 is 0 Å². The van der Waals surface area contributed by atoms with Gasteiger partial charge in [-0.3, -0.25) is 0 Å². The lowest BCUT2D eigenvalue weighted by atomic mass is 10.3. The van der Waals surface area contributed by atoms with Crippen LogP contribution in [0.15, 0.2) is 0 Å². The zero-order valence-corrected chi connectivity index (χ0v) is 8.56. The monoisotopic (exact) mass is 145 g/mol. The zero-order chi connectivity index (χ0) is 7.28. The van der Waals surface area contributed by atoms with Crippen LogP contribution in [0.3, 0.4) is 0 Å². The van der Waals surface area contributed by atoms with Crippen molar-refractivity contribution in [2.75, 3.05) is 6.54 Å². The van der Waals surface area contributed by atoms with E-state index in [0.717, 1.165) is 6.04 Å². The van der Waals surface area contributed by atoms with Crippen LogP contribution in [0, 0.1) is 0 Å². The molecule has 1 unspecified atom stereocenters. The molecule has 0 aliphatic carbocycles. The van der Waals surface area contributed by atoms with E-state index in [1.54, 1.807) is 0 Å². The third kappa shape index (κ3) is 3.01. The second kappa shape index (κ2) is 5.00. The van der Waals surface area contributed by atoms with E-state index in [-0.39, 0.29) is 9.68 Å². The minimum atomic E-state index is 0.103. The molecule has 1 atom stereocenters. The van der Waals surface area contributed by atoms with Gasteiger partial charge in [0.05, 0.1) is 9.68 Å². The van der Waals surface area contributed by atoms with Gasteiger partial charge in [-0.25, -0.2) is 0 Å². The van der Waals surface area contributed by atoms with E-state index in [9.17, 15) is 0 Å². The molecule has 0 spiro atoms. The molecule has 0 fully saturated rings. The summed E-state index contributed by atoms with van der Waals surface area (Å²) in [5.74, 6) is 0. The van der Waals surface area contributed by atoms with E-state index in [1.165, 1.54) is 13.0 Å². The largest absolute Gasteiger partial charge is 0.327 e. The van der Waals surface area contributed by atoms with Crippen LogP contribution in [-0.2, 0) is 0 Å². The first-order valence-corrected chi connectivity index (χ1v) is 6.04. The topological polar surface area (TPSA) is 3.24 Å². The maximum absolute atomic E-state index is 2.61. The van der Waals surface area contributed by atoms with Crippen LogP contribution >= 0.6 is 0 Å². The van der Waals surface area contributed by atoms with Gasteiger partial charge in [-0.1, -0.05) is 27.3 Å². The molecule has 2 heteroatoms. The van der Waals surface area contributed by atoms with Gasteiger partial charge in [0, 0.05) is 0 Å². The molecule has 0 aromatic carbocycles. The van der Waals surface area contributed by atoms with Crippen LogP contribution in [0.2, 0.25) is 6.55 Å². The van der Waals surface area contributed by atoms with Crippen molar-refractivity contribution < 1.29 is 0 Å². The zero-order valence-electron chi connectivity index (χ0n) is 7.15. The van der Waals surface area contributed by atoms with Gasteiger partial charge in [-0.05, 0) is 19.0 Å². The number of hydrogen-bond acceptors (Lipinski definition) is 1. The maximum atomic E-state index is 2.61. The van der Waals surface area contributed by atoms with Crippen LogP contribution in [0.1, 0.15) is 27.2 Å². The fourth-order valence-electron chi connectivity index (χ4n) is 1.11. The van der Waals surface area contributed by atoms with Crippen LogP contribution in [0.5, 0.6) is 0 Å². The maximum Gasteiger partial charge on any atom is 0.0923 e. The molecule has 0 heterocycles. The highest BCUT2D eigenvalue weighted by Crippen LogP contribution is 1.99. The number of hydrogen-bond donors (Lipinski definition) is 0. The standard InChI is InChI=1S/C7H19NSi/c1-5-7(3)8(6-2)9-4/h7H,5-6,9H2,1-4H3. The molecule has 0 bridgehead atoms. The lowest BCUT2D eigenvalue weighted by Crippen LogP contribution is -2.34. The summed E-state index contributed by atoms with van der Waals surface area (Å²) in [6, 6.07) is 0.826. The molecule has 0 saturated heterocycles. The third-order valence-electron chi connectivity index (χ3n) is 2.03. The fraction of sp³-hybridized carbons (Fsp3) is 1.00. The van der Waals surface area contributed by atoms with Gasteiger partial charge >= 0.3 is 0 Å². The highest BCUT2D eigenvalue weighted by atomic mass is 28.2. The van der Waals surface area contributed by atoms with E-state index in [0.29, 0.717) is 0 Å². The minimum absolute atomic E-state index is 0.103. The SMILES string of the molecule is CCC(C)N(CC)[SiH2]C. The predicted molar refractivity (Wildman–Crippen MR) is 46.5 cm³/mol. The third-order valence-corrected chi connectivity index (χ3v) is 3.91. The lowest BCUT2D eigenvalue weighted by molar-refractivity contribution is 0.358. The quantitative estimate of drug-likeness (QED) is 0.538. The Morgan fingerprint density at radius 1 is 1.44 bits per heavy atom. The van der Waals surface area contributed by atoms with E-state index in [1.807, 2.05) is 0 Å². The first-order valence-electron chi connectivity index (χ1n) is 4.00. The molecule has 56 valence electrons. The molecule has 0 radical (unpaired) electrons. The van der Waals surface area contributed by atoms with Gasteiger partial charge in [-0.15, -0.1) is 0 Å². The first-order chi connectivity index (χ1) is 4.26. The van der Waals surface area contributed by atoms with Crippen molar-refractivity contribution in [2.45, 2.75) is 39.8 Å². The average Bonchev–Trinajstić information content (AvgIpc) is 1.90. The van der Waals surface area contributed by atoms with E-state index in [4.69, 9.17) is 0 Å². The smallest absolute Gasteiger partial charge is 0.0923 e. The van der Waals surface area contributed by atoms with Crippen LogP contribution in [-0.4, -0.2) is 26.8 Å². The van der Waals surface area contributed by atoms with Gasteiger partial charge in [0.15, 0.2) is 0 Å². The van der Waals surface area contributed by atoms with Crippen LogP contribution in [0.25, 0.3) is 0 Å². The van der Waals surface area contributed by atoms with Crippen molar-refractivity contribution in [1.29, 1.82) is 0 Å². The molecule has 0 saturated carbocycles. The first kappa shape index (κ1) is 9.18. The second-order valence-corrected chi connectivity index (χ2v) is 3.92. The van der Waals surface area contributed by atoms with Gasteiger partial charge in [0.25, 0.3) is 0 Å². The van der Waals surface area contributed by atoms with Gasteiger partial charge in [0.2, 0.25) is 0 Å². The Morgan fingerprint density at radius 2 is 2.00 bits per heavy atom. The van der Waals surface area contributed by atoms with Crippen molar-refractivity contribution in [3.8, 4) is 0 Å². The molecule has 0 aliphatic rings. The minimum Gasteiger partial charge on any atom is -0.327 e. The Bertz CT molecular complexity index is 61.9. The Hall–Kier alpha value is 0.177. The number of nitrogens with zero attached hydrogens (tertiary/aromatic N) is 1. The van der Waals surface area contributed by atoms with E-state index in [2.05, 4.69) is 31.9 Å². The van der Waals surface area contributed by atoms with Gasteiger partial charge in [0.1, 0.15) is 0 Å². The Kier molecular flexibility index (Phi) is 5.10. The van der Waals surface area contributed by atoms with Crippen LogP contribution < -0.4 is 0 Å². The second-order valence-electron chi connectivity index (χ2n) is 2.48. The lowest BCUT2D eigenvalue weighted by Gasteiger charge is -2.24. The summed E-state index contributed by atoms with van der Waals surface area (Å²) in [6.07, 6.45) is 1.30. The number of rotatable bonds is 4. The average molecular weight is 145 g/mol. The molecule has 9 heavy (non-hydrogen) atoms. The normalized spacial score (nSPS) is 15.7. The summed E-state index contributed by atoms with van der Waals surface area (Å²) in [5, 5.41) is 0. The van der Waals surface area contributed by atoms with Crippen molar-refractivity contribution >= 4 is 9.68 Å². The summed E-state index contributed by atoms with van der Waals surface area (Å²) in [4.78, 5) is 0. The molecule has 0 aromatic heterocycles. The summed E-state index contributed by atoms with van der Waals surface area (Å²) in [5.41, 5.74) is 0. The summed E-state index contributed by atoms with van der Waals surface area (Å²) in [7, 11) is 0.103. The Morgan fingerprint density at radius 3 is 2.11 bits per heavy atom. The molecule has 0 N–H and O–H groups in total. The van der Waals surface area contributed by atoms with E-state index >= 15 is 0 Å². The van der Waals surface area contributed by atoms with Crippen molar-refractivity contribution in [3.05, 3.63) is 0 Å². The van der Waals surface area contributed by atoms with Crippen molar-refractivity contribution in [1.82, 2.24) is 4.57 Å². The molecule has 0 aliphatic heterocycles. The fourth-order valence-corrected chi connectivity index (χ4v) is 2.43. The summed E-state index contributed by atoms with van der Waals surface area (Å²) in [6.45, 7) is 10.4. The predicted octanol–water partition coefficient (Wildman–Crippen LogP) is 1.24. The van der Waals surface area contributed by atoms with Crippen molar-refractivity contribution in [3.63, 3.8) is 0 Å². The molecule has 0 aromatic rings. The summed E-state index contributed by atoms with van der Waals surface area (Å²) >= 11 is 0.